The number of ether oxygens (including phenoxy) is 1. The molecule has 0 aliphatic carbocycles. The summed E-state index contributed by atoms with van der Waals surface area (Å²) in [6.07, 6.45) is -0.492. The van der Waals surface area contributed by atoms with Crippen molar-refractivity contribution in [3.05, 3.63) is 28.8 Å². The first-order valence-corrected chi connectivity index (χ1v) is 4.04. The first kappa shape index (κ1) is 12.6. The Balaban J connectivity index is 0.00000144. The number of hydrogen-bond acceptors (Lipinski definition) is 2. The Morgan fingerprint density at radius 2 is 2.08 bits per heavy atom. The molecular formula is C9H12Cl2O2. The zero-order valence-corrected chi connectivity index (χ0v) is 9.02. The maximum absolute atomic E-state index is 9.21. The van der Waals surface area contributed by atoms with E-state index in [1.807, 2.05) is 0 Å². The SMILES string of the molecule is COc1ccc(C(C)O)cc1Cl.Cl. The van der Waals surface area contributed by atoms with Gasteiger partial charge in [-0.1, -0.05) is 17.7 Å². The Morgan fingerprint density at radius 1 is 1.46 bits per heavy atom. The topological polar surface area (TPSA) is 29.5 Å². The molecule has 0 fully saturated rings. The monoisotopic (exact) mass is 222 g/mol. The van der Waals surface area contributed by atoms with Crippen LogP contribution in [-0.4, -0.2) is 12.2 Å². The van der Waals surface area contributed by atoms with Crippen LogP contribution in [-0.2, 0) is 0 Å². The van der Waals surface area contributed by atoms with Gasteiger partial charge in [0.25, 0.3) is 0 Å². The van der Waals surface area contributed by atoms with E-state index in [1.54, 1.807) is 32.2 Å². The van der Waals surface area contributed by atoms with Gasteiger partial charge in [0.1, 0.15) is 5.75 Å². The predicted octanol–water partition coefficient (Wildman–Crippen LogP) is 2.82. The van der Waals surface area contributed by atoms with E-state index in [-0.39, 0.29) is 12.4 Å². The molecule has 0 bridgehead atoms. The molecule has 0 spiro atoms. The average molecular weight is 223 g/mol. The van der Waals surface area contributed by atoms with Crippen LogP contribution >= 0.6 is 24.0 Å². The third-order valence-electron chi connectivity index (χ3n) is 1.66. The molecule has 1 N–H and O–H groups in total. The zero-order chi connectivity index (χ0) is 9.14. The molecule has 0 saturated carbocycles. The summed E-state index contributed by atoms with van der Waals surface area (Å²) in [6.45, 7) is 1.69. The zero-order valence-electron chi connectivity index (χ0n) is 7.45. The summed E-state index contributed by atoms with van der Waals surface area (Å²) in [5.74, 6) is 0.626. The molecule has 0 aromatic heterocycles. The molecule has 13 heavy (non-hydrogen) atoms. The largest absolute Gasteiger partial charge is 0.495 e. The van der Waals surface area contributed by atoms with E-state index in [2.05, 4.69) is 0 Å². The van der Waals surface area contributed by atoms with E-state index in [1.165, 1.54) is 0 Å². The lowest BCUT2D eigenvalue weighted by Gasteiger charge is -2.07. The van der Waals surface area contributed by atoms with E-state index in [0.29, 0.717) is 10.8 Å². The fourth-order valence-electron chi connectivity index (χ4n) is 0.942. The minimum absolute atomic E-state index is 0. The highest BCUT2D eigenvalue weighted by Crippen LogP contribution is 2.27. The van der Waals surface area contributed by atoms with Crippen molar-refractivity contribution < 1.29 is 9.84 Å². The molecule has 0 saturated heterocycles. The molecule has 1 aromatic carbocycles. The second-order valence-electron chi connectivity index (χ2n) is 2.57. The van der Waals surface area contributed by atoms with Crippen molar-refractivity contribution in [3.63, 3.8) is 0 Å². The lowest BCUT2D eigenvalue weighted by molar-refractivity contribution is 0.199. The van der Waals surface area contributed by atoms with E-state index in [9.17, 15) is 5.11 Å². The van der Waals surface area contributed by atoms with Gasteiger partial charge in [-0.05, 0) is 24.6 Å². The van der Waals surface area contributed by atoms with Gasteiger partial charge in [0, 0.05) is 0 Å². The number of aliphatic hydroxyl groups excluding tert-OH is 1. The van der Waals surface area contributed by atoms with Crippen molar-refractivity contribution in [2.24, 2.45) is 0 Å². The van der Waals surface area contributed by atoms with Crippen molar-refractivity contribution in [1.29, 1.82) is 0 Å². The van der Waals surface area contributed by atoms with E-state index < -0.39 is 6.10 Å². The van der Waals surface area contributed by atoms with Gasteiger partial charge < -0.3 is 9.84 Å². The molecule has 2 nitrogen and oxygen atoms in total. The number of aliphatic hydroxyl groups is 1. The van der Waals surface area contributed by atoms with Gasteiger partial charge >= 0.3 is 0 Å². The van der Waals surface area contributed by atoms with Gasteiger partial charge in [0.05, 0.1) is 18.2 Å². The summed E-state index contributed by atoms with van der Waals surface area (Å²) in [5, 5.41) is 9.74. The summed E-state index contributed by atoms with van der Waals surface area (Å²) < 4.78 is 4.97. The lowest BCUT2D eigenvalue weighted by Crippen LogP contribution is -1.91. The Bertz CT molecular complexity index is 274. The highest BCUT2D eigenvalue weighted by atomic mass is 35.5. The molecule has 4 heteroatoms. The van der Waals surface area contributed by atoms with Gasteiger partial charge in [-0.3, -0.25) is 0 Å². The molecule has 1 unspecified atom stereocenters. The lowest BCUT2D eigenvalue weighted by atomic mass is 10.1. The first-order chi connectivity index (χ1) is 5.65. The number of hydrogen-bond donors (Lipinski definition) is 1. The molecular weight excluding hydrogens is 211 g/mol. The number of rotatable bonds is 2. The van der Waals surface area contributed by atoms with Crippen molar-refractivity contribution in [2.75, 3.05) is 7.11 Å². The molecule has 0 aliphatic rings. The summed E-state index contributed by atoms with van der Waals surface area (Å²) >= 11 is 5.84. The fourth-order valence-corrected chi connectivity index (χ4v) is 1.21. The van der Waals surface area contributed by atoms with Gasteiger partial charge in [0.2, 0.25) is 0 Å². The Hall–Kier alpha value is -0.440. The predicted molar refractivity (Wildman–Crippen MR) is 55.9 cm³/mol. The minimum atomic E-state index is -0.492. The molecule has 0 heterocycles. The molecule has 0 aliphatic heterocycles. The summed E-state index contributed by atoms with van der Waals surface area (Å²) in [4.78, 5) is 0. The van der Waals surface area contributed by atoms with Crippen LogP contribution in [0.1, 0.15) is 18.6 Å². The molecule has 0 amide bonds. The van der Waals surface area contributed by atoms with Crippen LogP contribution in [0.3, 0.4) is 0 Å². The maximum atomic E-state index is 9.21. The van der Waals surface area contributed by atoms with Crippen LogP contribution in [0.4, 0.5) is 0 Å². The highest BCUT2D eigenvalue weighted by molar-refractivity contribution is 6.32. The second-order valence-corrected chi connectivity index (χ2v) is 2.98. The van der Waals surface area contributed by atoms with Crippen molar-refractivity contribution >= 4 is 24.0 Å². The van der Waals surface area contributed by atoms with Gasteiger partial charge in [-0.15, -0.1) is 12.4 Å². The van der Waals surface area contributed by atoms with Crippen LogP contribution in [0.25, 0.3) is 0 Å². The Kier molecular flexibility index (Phi) is 5.14. The summed E-state index contributed by atoms with van der Waals surface area (Å²) in [7, 11) is 1.56. The second kappa shape index (κ2) is 5.32. The third kappa shape index (κ3) is 3.07. The van der Waals surface area contributed by atoms with Crippen LogP contribution in [0.15, 0.2) is 18.2 Å². The van der Waals surface area contributed by atoms with E-state index in [0.717, 1.165) is 5.56 Å². The van der Waals surface area contributed by atoms with Crippen LogP contribution in [0, 0.1) is 0 Å². The summed E-state index contributed by atoms with van der Waals surface area (Å²) in [6, 6.07) is 5.23. The standard InChI is InChI=1S/C9H11ClO2.ClH/c1-6(11)7-3-4-9(12-2)8(10)5-7;/h3-6,11H,1-2H3;1H. The number of halogens is 2. The quantitative estimate of drug-likeness (QED) is 0.835. The molecule has 1 aromatic rings. The minimum Gasteiger partial charge on any atom is -0.495 e. The molecule has 1 rings (SSSR count). The first-order valence-electron chi connectivity index (χ1n) is 3.66. The van der Waals surface area contributed by atoms with Crippen molar-refractivity contribution in [3.8, 4) is 5.75 Å². The van der Waals surface area contributed by atoms with E-state index in [4.69, 9.17) is 16.3 Å². The number of benzene rings is 1. The van der Waals surface area contributed by atoms with Crippen molar-refractivity contribution in [2.45, 2.75) is 13.0 Å². The average Bonchev–Trinajstić information content (AvgIpc) is 2.04. The van der Waals surface area contributed by atoms with E-state index >= 15 is 0 Å². The van der Waals surface area contributed by atoms with Crippen LogP contribution in [0.5, 0.6) is 5.75 Å². The smallest absolute Gasteiger partial charge is 0.137 e. The third-order valence-corrected chi connectivity index (χ3v) is 1.95. The fraction of sp³-hybridized carbons (Fsp3) is 0.333. The summed E-state index contributed by atoms with van der Waals surface area (Å²) in [5.41, 5.74) is 0.792. The molecule has 0 radical (unpaired) electrons. The number of methoxy groups -OCH3 is 1. The molecule has 74 valence electrons. The highest BCUT2D eigenvalue weighted by Gasteiger charge is 2.04. The Morgan fingerprint density at radius 3 is 2.46 bits per heavy atom. The van der Waals surface area contributed by atoms with Gasteiger partial charge in [-0.25, -0.2) is 0 Å². The maximum Gasteiger partial charge on any atom is 0.137 e. The van der Waals surface area contributed by atoms with Gasteiger partial charge in [0.15, 0.2) is 0 Å². The Labute approximate surface area is 88.9 Å². The molecule has 1 atom stereocenters. The van der Waals surface area contributed by atoms with Crippen molar-refractivity contribution in [1.82, 2.24) is 0 Å². The van der Waals surface area contributed by atoms with Crippen LogP contribution < -0.4 is 4.74 Å². The van der Waals surface area contributed by atoms with Crippen LogP contribution in [0.2, 0.25) is 5.02 Å². The normalized spacial score (nSPS) is 11.7. The van der Waals surface area contributed by atoms with Gasteiger partial charge in [-0.2, -0.15) is 0 Å².